The first-order valence-corrected chi connectivity index (χ1v) is 7.27. The standard InChI is InChI=1S/C12H18N2O3S/c1-9(2)18(16,17)11-6-4-3-5-10(11)12(15)14-8-7-13/h3-6,9H,7-8,13H2,1-2H3,(H,14,15). The van der Waals surface area contributed by atoms with Crippen molar-refractivity contribution in [3.8, 4) is 0 Å². The highest BCUT2D eigenvalue weighted by molar-refractivity contribution is 7.92. The summed E-state index contributed by atoms with van der Waals surface area (Å²) >= 11 is 0. The smallest absolute Gasteiger partial charge is 0.252 e. The number of hydrogen-bond acceptors (Lipinski definition) is 4. The van der Waals surface area contributed by atoms with Gasteiger partial charge in [0.05, 0.1) is 15.7 Å². The van der Waals surface area contributed by atoms with E-state index in [0.29, 0.717) is 13.1 Å². The van der Waals surface area contributed by atoms with Gasteiger partial charge in [0, 0.05) is 13.1 Å². The minimum absolute atomic E-state index is 0.0644. The first-order valence-electron chi connectivity index (χ1n) is 5.72. The lowest BCUT2D eigenvalue weighted by molar-refractivity contribution is 0.0951. The van der Waals surface area contributed by atoms with E-state index >= 15 is 0 Å². The van der Waals surface area contributed by atoms with Crippen molar-refractivity contribution in [2.75, 3.05) is 13.1 Å². The van der Waals surface area contributed by atoms with E-state index in [9.17, 15) is 13.2 Å². The molecule has 0 aliphatic rings. The SMILES string of the molecule is CC(C)S(=O)(=O)c1ccccc1C(=O)NCCN. The first kappa shape index (κ1) is 14.7. The highest BCUT2D eigenvalue weighted by Crippen LogP contribution is 2.20. The van der Waals surface area contributed by atoms with E-state index in [4.69, 9.17) is 5.73 Å². The Morgan fingerprint density at radius 1 is 1.33 bits per heavy atom. The second kappa shape index (κ2) is 5.97. The fraction of sp³-hybridized carbons (Fsp3) is 0.417. The number of hydrogen-bond donors (Lipinski definition) is 2. The molecule has 0 radical (unpaired) electrons. The van der Waals surface area contributed by atoms with Gasteiger partial charge >= 0.3 is 0 Å². The van der Waals surface area contributed by atoms with Gasteiger partial charge in [-0.1, -0.05) is 12.1 Å². The highest BCUT2D eigenvalue weighted by atomic mass is 32.2. The number of carbonyl (C=O) groups is 1. The minimum Gasteiger partial charge on any atom is -0.351 e. The molecule has 0 bridgehead atoms. The van der Waals surface area contributed by atoms with E-state index in [-0.39, 0.29) is 10.5 Å². The lowest BCUT2D eigenvalue weighted by Gasteiger charge is -2.12. The molecule has 1 aromatic rings. The topological polar surface area (TPSA) is 89.3 Å². The maximum Gasteiger partial charge on any atom is 0.252 e. The molecule has 0 fully saturated rings. The predicted octanol–water partition coefficient (Wildman–Crippen LogP) is 0.557. The van der Waals surface area contributed by atoms with E-state index in [0.717, 1.165) is 0 Å². The maximum atomic E-state index is 12.1. The van der Waals surface area contributed by atoms with Gasteiger partial charge in [0.15, 0.2) is 9.84 Å². The summed E-state index contributed by atoms with van der Waals surface area (Å²) in [4.78, 5) is 11.9. The molecular weight excluding hydrogens is 252 g/mol. The molecule has 0 saturated carbocycles. The Morgan fingerprint density at radius 2 is 1.94 bits per heavy atom. The maximum absolute atomic E-state index is 12.1. The van der Waals surface area contributed by atoms with Crippen LogP contribution >= 0.6 is 0 Å². The molecule has 6 heteroatoms. The Hall–Kier alpha value is -1.40. The van der Waals surface area contributed by atoms with E-state index in [1.165, 1.54) is 12.1 Å². The second-order valence-corrected chi connectivity index (χ2v) is 6.61. The molecule has 18 heavy (non-hydrogen) atoms. The number of benzene rings is 1. The predicted molar refractivity (Wildman–Crippen MR) is 70.2 cm³/mol. The fourth-order valence-corrected chi connectivity index (χ4v) is 2.68. The van der Waals surface area contributed by atoms with Crippen LogP contribution < -0.4 is 11.1 Å². The molecule has 100 valence electrons. The van der Waals surface area contributed by atoms with Crippen LogP contribution in [0.3, 0.4) is 0 Å². The lowest BCUT2D eigenvalue weighted by atomic mass is 10.2. The zero-order chi connectivity index (χ0) is 13.8. The number of sulfone groups is 1. The van der Waals surface area contributed by atoms with Crippen molar-refractivity contribution >= 4 is 15.7 Å². The normalized spacial score (nSPS) is 11.6. The summed E-state index contributed by atoms with van der Waals surface area (Å²) in [6, 6.07) is 6.19. The summed E-state index contributed by atoms with van der Waals surface area (Å²) in [7, 11) is -3.47. The Balaban J connectivity index is 3.19. The van der Waals surface area contributed by atoms with E-state index in [1.54, 1.807) is 26.0 Å². The van der Waals surface area contributed by atoms with Gasteiger partial charge in [-0.2, -0.15) is 0 Å². The Kier molecular flexibility index (Phi) is 4.86. The van der Waals surface area contributed by atoms with Crippen molar-refractivity contribution in [2.24, 2.45) is 5.73 Å². The largest absolute Gasteiger partial charge is 0.351 e. The molecule has 1 amide bonds. The lowest BCUT2D eigenvalue weighted by Crippen LogP contribution is -2.30. The molecular formula is C12H18N2O3S. The fourth-order valence-electron chi connectivity index (χ4n) is 1.44. The molecule has 0 saturated heterocycles. The van der Waals surface area contributed by atoms with Crippen LogP contribution in [-0.4, -0.2) is 32.7 Å². The van der Waals surface area contributed by atoms with Crippen LogP contribution in [0, 0.1) is 0 Å². The quantitative estimate of drug-likeness (QED) is 0.818. The van der Waals surface area contributed by atoms with E-state index < -0.39 is 21.0 Å². The number of nitrogens with two attached hydrogens (primary N) is 1. The molecule has 0 aliphatic heterocycles. The van der Waals surface area contributed by atoms with Crippen LogP contribution in [0.4, 0.5) is 0 Å². The summed E-state index contributed by atoms with van der Waals surface area (Å²) in [6.45, 7) is 3.80. The van der Waals surface area contributed by atoms with Crippen molar-refractivity contribution in [1.82, 2.24) is 5.32 Å². The Labute approximate surface area is 107 Å². The van der Waals surface area contributed by atoms with Crippen LogP contribution in [-0.2, 0) is 9.84 Å². The Bertz CT molecular complexity index is 524. The molecule has 1 rings (SSSR count). The van der Waals surface area contributed by atoms with Crippen molar-refractivity contribution in [2.45, 2.75) is 24.0 Å². The number of amides is 1. The van der Waals surface area contributed by atoms with Crippen molar-refractivity contribution in [3.63, 3.8) is 0 Å². The summed E-state index contributed by atoms with van der Waals surface area (Å²) in [5.41, 5.74) is 5.46. The van der Waals surface area contributed by atoms with E-state index in [1.807, 2.05) is 0 Å². The third-order valence-corrected chi connectivity index (χ3v) is 4.70. The van der Waals surface area contributed by atoms with Crippen molar-refractivity contribution in [1.29, 1.82) is 0 Å². The van der Waals surface area contributed by atoms with Gasteiger partial charge < -0.3 is 11.1 Å². The van der Waals surface area contributed by atoms with Crippen molar-refractivity contribution in [3.05, 3.63) is 29.8 Å². The zero-order valence-electron chi connectivity index (χ0n) is 10.5. The van der Waals surface area contributed by atoms with Gasteiger partial charge in [-0.15, -0.1) is 0 Å². The average molecular weight is 270 g/mol. The summed E-state index contributed by atoms with van der Waals surface area (Å²) in [5, 5.41) is 2.00. The molecule has 0 unspecified atom stereocenters. The van der Waals surface area contributed by atoms with Crippen molar-refractivity contribution < 1.29 is 13.2 Å². The van der Waals surface area contributed by atoms with Crippen LogP contribution in [0.5, 0.6) is 0 Å². The van der Waals surface area contributed by atoms with Gasteiger partial charge in [0.1, 0.15) is 0 Å². The third kappa shape index (κ3) is 3.08. The summed E-state index contributed by atoms with van der Waals surface area (Å²) in [5.74, 6) is -0.416. The number of nitrogens with one attached hydrogen (secondary N) is 1. The Morgan fingerprint density at radius 3 is 2.50 bits per heavy atom. The van der Waals surface area contributed by atoms with Gasteiger partial charge in [-0.3, -0.25) is 4.79 Å². The van der Waals surface area contributed by atoms with Gasteiger partial charge in [0.2, 0.25) is 0 Å². The zero-order valence-corrected chi connectivity index (χ0v) is 11.3. The monoisotopic (exact) mass is 270 g/mol. The molecule has 0 heterocycles. The van der Waals surface area contributed by atoms with Gasteiger partial charge in [0.25, 0.3) is 5.91 Å². The van der Waals surface area contributed by atoms with Crippen LogP contribution in [0.2, 0.25) is 0 Å². The number of rotatable bonds is 5. The molecule has 0 spiro atoms. The van der Waals surface area contributed by atoms with Gasteiger partial charge in [-0.05, 0) is 26.0 Å². The molecule has 0 aromatic heterocycles. The molecule has 0 atom stereocenters. The summed E-state index contributed by atoms with van der Waals surface area (Å²) < 4.78 is 24.3. The van der Waals surface area contributed by atoms with E-state index in [2.05, 4.69) is 5.32 Å². The molecule has 3 N–H and O–H groups in total. The molecule has 5 nitrogen and oxygen atoms in total. The summed E-state index contributed by atoms with van der Waals surface area (Å²) in [6.07, 6.45) is 0. The van der Waals surface area contributed by atoms with Crippen LogP contribution in [0.25, 0.3) is 0 Å². The third-order valence-electron chi connectivity index (χ3n) is 2.49. The molecule has 1 aromatic carbocycles. The first-order chi connectivity index (χ1) is 8.41. The minimum atomic E-state index is -3.47. The van der Waals surface area contributed by atoms with Crippen LogP contribution in [0.15, 0.2) is 29.2 Å². The second-order valence-electron chi connectivity index (χ2n) is 4.13. The number of carbonyl (C=O) groups excluding carboxylic acids is 1. The molecule has 0 aliphatic carbocycles. The highest BCUT2D eigenvalue weighted by Gasteiger charge is 2.24. The van der Waals surface area contributed by atoms with Gasteiger partial charge in [-0.25, -0.2) is 8.42 Å². The average Bonchev–Trinajstić information content (AvgIpc) is 2.35. The van der Waals surface area contributed by atoms with Crippen LogP contribution in [0.1, 0.15) is 24.2 Å².